The smallest absolute Gasteiger partial charge is 1.00 e. The minimum atomic E-state index is -0.920. The van der Waals surface area contributed by atoms with Gasteiger partial charge in [-0.05, 0) is 12.8 Å². The van der Waals surface area contributed by atoms with Crippen LogP contribution in [-0.2, 0) is 4.79 Å². The van der Waals surface area contributed by atoms with Crippen LogP contribution >= 0.6 is 0 Å². The van der Waals surface area contributed by atoms with E-state index < -0.39 is 5.97 Å². The Bertz CT molecular complexity index is 102. The summed E-state index contributed by atoms with van der Waals surface area (Å²) in [7, 11) is 0. The summed E-state index contributed by atoms with van der Waals surface area (Å²) in [6, 6.07) is 0. The molecule has 2 nitrogen and oxygen atoms in total. The second-order valence-electron chi connectivity index (χ2n) is 2.54. The van der Waals surface area contributed by atoms with Crippen molar-refractivity contribution in [3.8, 4) is 0 Å². The van der Waals surface area contributed by atoms with Crippen molar-refractivity contribution in [2.24, 2.45) is 0 Å². The molecule has 0 rings (SSSR count). The van der Waals surface area contributed by atoms with E-state index in [0.29, 0.717) is 0 Å². The molecular weight excluding hydrogens is 206 g/mol. The molecule has 12 heavy (non-hydrogen) atoms. The van der Waals surface area contributed by atoms with Gasteiger partial charge in [0.15, 0.2) is 0 Å². The third-order valence-corrected chi connectivity index (χ3v) is 1.48. The Morgan fingerprint density at radius 2 is 1.67 bits per heavy atom. The van der Waals surface area contributed by atoms with Crippen LogP contribution in [-0.4, -0.2) is 5.97 Å². The molecule has 0 aromatic heterocycles. The van der Waals surface area contributed by atoms with Crippen molar-refractivity contribution in [1.29, 1.82) is 0 Å². The SMILES string of the molecule is CCCCCCCC(=O)[O-].[H-].[K+].[K+]. The molecule has 0 radical (unpaired) electrons. The minimum absolute atomic E-state index is 0. The van der Waals surface area contributed by atoms with Gasteiger partial charge in [0.2, 0.25) is 0 Å². The molecule has 0 aliphatic heterocycles. The molecule has 0 heterocycles. The largest absolute Gasteiger partial charge is 1.00 e. The second-order valence-corrected chi connectivity index (χ2v) is 2.54. The number of carboxylic acid groups (broad SMARTS) is 1. The summed E-state index contributed by atoms with van der Waals surface area (Å²) in [5.74, 6) is -0.920. The average Bonchev–Trinajstić information content (AvgIpc) is 1.87. The quantitative estimate of drug-likeness (QED) is 0.334. The van der Waals surface area contributed by atoms with Gasteiger partial charge in [-0.3, -0.25) is 0 Å². The van der Waals surface area contributed by atoms with Crippen LogP contribution in [0.25, 0.3) is 0 Å². The predicted molar refractivity (Wildman–Crippen MR) is 39.5 cm³/mol. The van der Waals surface area contributed by atoms with E-state index in [1.165, 1.54) is 12.8 Å². The molecule has 0 spiro atoms. The van der Waals surface area contributed by atoms with Crippen molar-refractivity contribution in [1.82, 2.24) is 0 Å². The summed E-state index contributed by atoms with van der Waals surface area (Å²) < 4.78 is 0. The first-order chi connectivity index (χ1) is 4.77. The number of carbonyl (C=O) groups is 1. The van der Waals surface area contributed by atoms with Crippen molar-refractivity contribution < 1.29 is 114 Å². The standard InChI is InChI=1S/C8H16O2.2K.H/c1-2-3-4-5-6-7-8(9)10;;;/h2-7H2,1H3,(H,9,10);;;/q;2*+1;-1/p-1. The van der Waals surface area contributed by atoms with Gasteiger partial charge in [-0.1, -0.05) is 32.6 Å². The van der Waals surface area contributed by atoms with Gasteiger partial charge in [0, 0.05) is 5.97 Å². The molecule has 0 N–H and O–H groups in total. The van der Waals surface area contributed by atoms with Gasteiger partial charge in [0.1, 0.15) is 0 Å². The van der Waals surface area contributed by atoms with E-state index in [2.05, 4.69) is 6.92 Å². The number of carboxylic acids is 1. The Labute approximate surface area is 162 Å². The maximum absolute atomic E-state index is 9.92. The Hall–Kier alpha value is 2.74. The van der Waals surface area contributed by atoms with Crippen molar-refractivity contribution >= 4 is 5.97 Å². The molecule has 0 amide bonds. The summed E-state index contributed by atoms with van der Waals surface area (Å²) in [5.41, 5.74) is 0. The fourth-order valence-corrected chi connectivity index (χ4v) is 0.873. The average molecular weight is 222 g/mol. The number of unbranched alkanes of at least 4 members (excludes halogenated alkanes) is 4. The maximum atomic E-state index is 9.92. The summed E-state index contributed by atoms with van der Waals surface area (Å²) in [5, 5.41) is 9.92. The molecule has 0 bridgehead atoms. The van der Waals surface area contributed by atoms with Crippen LogP contribution in [0.3, 0.4) is 0 Å². The molecule has 0 aromatic carbocycles. The van der Waals surface area contributed by atoms with E-state index in [1.807, 2.05) is 0 Å². The minimum Gasteiger partial charge on any atom is -1.00 e. The Morgan fingerprint density at radius 3 is 2.08 bits per heavy atom. The third kappa shape index (κ3) is 18.5. The van der Waals surface area contributed by atoms with E-state index in [1.54, 1.807) is 0 Å². The topological polar surface area (TPSA) is 40.1 Å². The molecule has 0 fully saturated rings. The number of aliphatic carboxylic acids is 1. The second kappa shape index (κ2) is 16.2. The zero-order valence-electron chi connectivity index (χ0n) is 9.56. The van der Waals surface area contributed by atoms with Crippen molar-refractivity contribution in [3.05, 3.63) is 0 Å². The van der Waals surface area contributed by atoms with Crippen LogP contribution in [0.5, 0.6) is 0 Å². The van der Waals surface area contributed by atoms with Gasteiger partial charge in [-0.25, -0.2) is 0 Å². The van der Waals surface area contributed by atoms with Crippen LogP contribution in [0.15, 0.2) is 0 Å². The summed E-state index contributed by atoms with van der Waals surface area (Å²) >= 11 is 0. The third-order valence-electron chi connectivity index (χ3n) is 1.48. The van der Waals surface area contributed by atoms with E-state index in [9.17, 15) is 9.90 Å². The van der Waals surface area contributed by atoms with Crippen LogP contribution in [0, 0.1) is 0 Å². The van der Waals surface area contributed by atoms with E-state index >= 15 is 0 Å². The van der Waals surface area contributed by atoms with Gasteiger partial charge >= 0.3 is 103 Å². The molecular formula is C8H16K2O2. The van der Waals surface area contributed by atoms with Gasteiger partial charge in [0.25, 0.3) is 0 Å². The Kier molecular flexibility index (Phi) is 27.2. The molecule has 0 unspecified atom stereocenters. The van der Waals surface area contributed by atoms with Crippen LogP contribution in [0.4, 0.5) is 0 Å². The molecule has 0 atom stereocenters. The Morgan fingerprint density at radius 1 is 1.17 bits per heavy atom. The normalized spacial score (nSPS) is 8.08. The molecule has 0 aliphatic carbocycles. The number of hydrogen-bond donors (Lipinski definition) is 0. The van der Waals surface area contributed by atoms with E-state index in [4.69, 9.17) is 0 Å². The monoisotopic (exact) mass is 222 g/mol. The molecule has 0 aromatic rings. The van der Waals surface area contributed by atoms with Gasteiger partial charge in [-0.15, -0.1) is 0 Å². The Balaban J connectivity index is -0.000000135. The summed E-state index contributed by atoms with van der Waals surface area (Å²) in [6.07, 6.45) is 5.61. The van der Waals surface area contributed by atoms with Crippen molar-refractivity contribution in [2.45, 2.75) is 45.4 Å². The first-order valence-electron chi connectivity index (χ1n) is 3.97. The van der Waals surface area contributed by atoms with Gasteiger partial charge < -0.3 is 11.3 Å². The van der Waals surface area contributed by atoms with Crippen LogP contribution in [0.2, 0.25) is 0 Å². The number of rotatable bonds is 6. The fourth-order valence-electron chi connectivity index (χ4n) is 0.873. The van der Waals surface area contributed by atoms with E-state index in [-0.39, 0.29) is 111 Å². The summed E-state index contributed by atoms with van der Waals surface area (Å²) in [6.45, 7) is 2.14. The number of carbonyl (C=O) groups excluding carboxylic acids is 1. The molecule has 4 heteroatoms. The van der Waals surface area contributed by atoms with Gasteiger partial charge in [0.05, 0.1) is 0 Å². The van der Waals surface area contributed by atoms with Crippen molar-refractivity contribution in [2.75, 3.05) is 0 Å². The molecule has 0 aliphatic rings. The molecule has 0 saturated heterocycles. The zero-order valence-corrected chi connectivity index (χ0v) is 14.8. The van der Waals surface area contributed by atoms with Crippen LogP contribution < -0.4 is 108 Å². The van der Waals surface area contributed by atoms with Crippen molar-refractivity contribution in [3.63, 3.8) is 0 Å². The first-order valence-corrected chi connectivity index (χ1v) is 3.97. The van der Waals surface area contributed by atoms with E-state index in [0.717, 1.165) is 19.3 Å². The summed E-state index contributed by atoms with van der Waals surface area (Å²) in [4.78, 5) is 9.92. The van der Waals surface area contributed by atoms with Crippen LogP contribution in [0.1, 0.15) is 46.9 Å². The van der Waals surface area contributed by atoms with Gasteiger partial charge in [-0.2, -0.15) is 0 Å². The number of hydrogen-bond acceptors (Lipinski definition) is 2. The first kappa shape index (κ1) is 20.2. The zero-order chi connectivity index (χ0) is 7.82. The fraction of sp³-hybridized carbons (Fsp3) is 0.875. The predicted octanol–water partition coefficient (Wildman–Crippen LogP) is -4.78. The molecule has 0 saturated carbocycles. The maximum Gasteiger partial charge on any atom is 1.00 e. The molecule has 62 valence electrons.